The standard InChI is InChI=1S/C20H19N3O3/c1-21-20(24)15-9-13-12-4-2-3-5-14(12)22-19(13)18(23-15)11-6-7-16-17(8-11)26-10-25-16/h2-8,15,18,22-23H,9-10H2,1H3,(H,21,24)/t15-,18?/m1/s1. The third kappa shape index (κ3) is 2.26. The van der Waals surface area contributed by atoms with Gasteiger partial charge in [0.25, 0.3) is 0 Å². The molecule has 6 nitrogen and oxygen atoms in total. The highest BCUT2D eigenvalue weighted by molar-refractivity contribution is 5.88. The van der Waals surface area contributed by atoms with Gasteiger partial charge in [0.15, 0.2) is 11.5 Å². The summed E-state index contributed by atoms with van der Waals surface area (Å²) in [4.78, 5) is 15.9. The van der Waals surface area contributed by atoms with Crippen LogP contribution in [-0.4, -0.2) is 30.8 Å². The summed E-state index contributed by atoms with van der Waals surface area (Å²) in [7, 11) is 1.67. The van der Waals surface area contributed by atoms with E-state index in [4.69, 9.17) is 9.47 Å². The van der Waals surface area contributed by atoms with Crippen molar-refractivity contribution in [3.63, 3.8) is 0 Å². The molecule has 0 aliphatic carbocycles. The van der Waals surface area contributed by atoms with Crippen LogP contribution in [0.2, 0.25) is 0 Å². The quantitative estimate of drug-likeness (QED) is 0.663. The fourth-order valence-electron chi connectivity index (χ4n) is 3.93. The summed E-state index contributed by atoms with van der Waals surface area (Å²) in [6.07, 6.45) is 0.653. The Morgan fingerprint density at radius 1 is 1.15 bits per heavy atom. The van der Waals surface area contributed by atoms with E-state index in [0.717, 1.165) is 28.3 Å². The molecule has 2 aromatic carbocycles. The molecule has 2 atom stereocenters. The largest absolute Gasteiger partial charge is 0.454 e. The smallest absolute Gasteiger partial charge is 0.237 e. The van der Waals surface area contributed by atoms with Gasteiger partial charge in [0.1, 0.15) is 0 Å². The van der Waals surface area contributed by atoms with Crippen molar-refractivity contribution in [2.45, 2.75) is 18.5 Å². The summed E-state index contributed by atoms with van der Waals surface area (Å²) in [6.45, 7) is 0.245. The summed E-state index contributed by atoms with van der Waals surface area (Å²) in [6, 6.07) is 13.7. The zero-order valence-corrected chi connectivity index (χ0v) is 14.3. The average Bonchev–Trinajstić information content (AvgIpc) is 3.30. The van der Waals surface area contributed by atoms with E-state index in [2.05, 4.69) is 27.8 Å². The first-order valence-electron chi connectivity index (χ1n) is 8.71. The zero-order valence-electron chi connectivity index (χ0n) is 14.3. The van der Waals surface area contributed by atoms with Crippen molar-refractivity contribution in [2.24, 2.45) is 0 Å². The molecule has 0 saturated heterocycles. The van der Waals surface area contributed by atoms with Crippen LogP contribution < -0.4 is 20.1 Å². The second kappa shape index (κ2) is 5.78. The Bertz CT molecular complexity index is 1010. The van der Waals surface area contributed by atoms with Crippen LogP contribution in [0.5, 0.6) is 11.5 Å². The molecule has 1 amide bonds. The van der Waals surface area contributed by atoms with E-state index in [1.807, 2.05) is 30.3 Å². The molecule has 3 aromatic rings. The van der Waals surface area contributed by atoms with Crippen molar-refractivity contribution in [3.8, 4) is 11.5 Å². The molecule has 5 rings (SSSR count). The van der Waals surface area contributed by atoms with Crippen molar-refractivity contribution >= 4 is 16.8 Å². The number of carbonyl (C=O) groups excluding carboxylic acids is 1. The zero-order chi connectivity index (χ0) is 17.7. The van der Waals surface area contributed by atoms with Crippen LogP contribution in [0.3, 0.4) is 0 Å². The molecule has 0 saturated carbocycles. The Hall–Kier alpha value is -2.99. The number of ether oxygens (including phenoxy) is 2. The molecule has 2 aliphatic rings. The highest BCUT2D eigenvalue weighted by atomic mass is 16.7. The summed E-state index contributed by atoms with van der Waals surface area (Å²) >= 11 is 0. The van der Waals surface area contributed by atoms with Crippen LogP contribution in [0.15, 0.2) is 42.5 Å². The third-order valence-electron chi connectivity index (χ3n) is 5.20. The van der Waals surface area contributed by atoms with Gasteiger partial charge in [-0.2, -0.15) is 0 Å². The van der Waals surface area contributed by atoms with Gasteiger partial charge >= 0.3 is 0 Å². The summed E-state index contributed by atoms with van der Waals surface area (Å²) in [5.74, 6) is 1.49. The minimum absolute atomic E-state index is 0.00771. The number of carbonyl (C=O) groups is 1. The van der Waals surface area contributed by atoms with E-state index in [1.165, 1.54) is 10.9 Å². The Morgan fingerprint density at radius 3 is 2.88 bits per heavy atom. The molecule has 0 spiro atoms. The molecular formula is C20H19N3O3. The number of fused-ring (bicyclic) bond motifs is 4. The van der Waals surface area contributed by atoms with Crippen molar-refractivity contribution in [3.05, 3.63) is 59.3 Å². The van der Waals surface area contributed by atoms with Crippen LogP contribution in [-0.2, 0) is 11.2 Å². The van der Waals surface area contributed by atoms with Crippen LogP contribution in [0, 0.1) is 0 Å². The maximum Gasteiger partial charge on any atom is 0.237 e. The van der Waals surface area contributed by atoms with Gasteiger partial charge < -0.3 is 19.8 Å². The SMILES string of the molecule is CNC(=O)[C@H]1Cc2c([nH]c3ccccc23)C(c2ccc3c(c2)OCO3)N1. The van der Waals surface area contributed by atoms with Gasteiger partial charge in [-0.1, -0.05) is 24.3 Å². The molecular weight excluding hydrogens is 330 g/mol. The van der Waals surface area contributed by atoms with Gasteiger partial charge in [0.2, 0.25) is 12.7 Å². The molecule has 26 heavy (non-hydrogen) atoms. The maximum atomic E-state index is 12.4. The predicted octanol–water partition coefficient (Wildman–Crippen LogP) is 2.25. The van der Waals surface area contributed by atoms with Crippen LogP contribution >= 0.6 is 0 Å². The molecule has 0 radical (unpaired) electrons. The van der Waals surface area contributed by atoms with Crippen molar-refractivity contribution in [1.82, 2.24) is 15.6 Å². The number of hydrogen-bond donors (Lipinski definition) is 3. The first kappa shape index (κ1) is 15.3. The number of hydrogen-bond acceptors (Lipinski definition) is 4. The highest BCUT2D eigenvalue weighted by Crippen LogP contribution is 2.39. The molecule has 0 bridgehead atoms. The van der Waals surface area contributed by atoms with E-state index in [0.29, 0.717) is 6.42 Å². The number of aromatic amines is 1. The third-order valence-corrected chi connectivity index (χ3v) is 5.20. The number of aromatic nitrogens is 1. The Labute approximate surface area is 150 Å². The lowest BCUT2D eigenvalue weighted by Crippen LogP contribution is -2.49. The van der Waals surface area contributed by atoms with Gasteiger partial charge in [-0.3, -0.25) is 10.1 Å². The minimum atomic E-state index is -0.290. The Morgan fingerprint density at radius 2 is 2.00 bits per heavy atom. The number of nitrogens with one attached hydrogen (secondary N) is 3. The number of H-pyrrole nitrogens is 1. The molecule has 132 valence electrons. The first-order valence-corrected chi connectivity index (χ1v) is 8.71. The van der Waals surface area contributed by atoms with Crippen molar-refractivity contribution < 1.29 is 14.3 Å². The lowest BCUT2D eigenvalue weighted by Gasteiger charge is -2.31. The van der Waals surface area contributed by atoms with E-state index >= 15 is 0 Å². The van der Waals surface area contributed by atoms with Gasteiger partial charge in [0.05, 0.1) is 12.1 Å². The van der Waals surface area contributed by atoms with Gasteiger partial charge in [-0.15, -0.1) is 0 Å². The summed E-state index contributed by atoms with van der Waals surface area (Å²) in [5.41, 5.74) is 4.42. The monoisotopic (exact) mass is 349 g/mol. The molecule has 6 heteroatoms. The second-order valence-electron chi connectivity index (χ2n) is 6.65. The normalized spacial score (nSPS) is 20.8. The molecule has 1 aromatic heterocycles. The summed E-state index contributed by atoms with van der Waals surface area (Å²) < 4.78 is 11.0. The first-order chi connectivity index (χ1) is 12.7. The van der Waals surface area contributed by atoms with Crippen LogP contribution in [0.25, 0.3) is 10.9 Å². The molecule has 2 aliphatic heterocycles. The highest BCUT2D eigenvalue weighted by Gasteiger charge is 2.34. The van der Waals surface area contributed by atoms with E-state index in [-0.39, 0.29) is 24.8 Å². The molecule has 3 N–H and O–H groups in total. The van der Waals surface area contributed by atoms with Gasteiger partial charge in [0, 0.05) is 23.6 Å². The fourth-order valence-corrected chi connectivity index (χ4v) is 3.93. The number of benzene rings is 2. The summed E-state index contributed by atoms with van der Waals surface area (Å²) in [5, 5.41) is 7.42. The number of para-hydroxylation sites is 1. The van der Waals surface area contributed by atoms with Crippen LogP contribution in [0.4, 0.5) is 0 Å². The van der Waals surface area contributed by atoms with Crippen LogP contribution in [0.1, 0.15) is 22.9 Å². The topological polar surface area (TPSA) is 75.4 Å². The lowest BCUT2D eigenvalue weighted by molar-refractivity contribution is -0.122. The fraction of sp³-hybridized carbons (Fsp3) is 0.250. The number of rotatable bonds is 2. The molecule has 3 heterocycles. The Kier molecular flexibility index (Phi) is 3.39. The molecule has 1 unspecified atom stereocenters. The van der Waals surface area contributed by atoms with Crippen molar-refractivity contribution in [1.29, 1.82) is 0 Å². The minimum Gasteiger partial charge on any atom is -0.454 e. The molecule has 0 fully saturated rings. The maximum absolute atomic E-state index is 12.4. The second-order valence-corrected chi connectivity index (χ2v) is 6.65. The van der Waals surface area contributed by atoms with Gasteiger partial charge in [-0.25, -0.2) is 0 Å². The van der Waals surface area contributed by atoms with E-state index in [9.17, 15) is 4.79 Å². The number of amides is 1. The predicted molar refractivity (Wildman–Crippen MR) is 97.4 cm³/mol. The van der Waals surface area contributed by atoms with E-state index in [1.54, 1.807) is 7.05 Å². The van der Waals surface area contributed by atoms with Gasteiger partial charge in [-0.05, 0) is 35.7 Å². The van der Waals surface area contributed by atoms with Crippen molar-refractivity contribution in [2.75, 3.05) is 13.8 Å². The average molecular weight is 349 g/mol. The lowest BCUT2D eigenvalue weighted by atomic mass is 9.90. The van der Waals surface area contributed by atoms with E-state index < -0.39 is 0 Å². The Balaban J connectivity index is 1.65. The number of likely N-dealkylation sites (N-methyl/N-ethyl adjacent to an activating group) is 1.